The Balaban J connectivity index is 1.17. The Morgan fingerprint density at radius 1 is 0.875 bits per heavy atom. The van der Waals surface area contributed by atoms with Crippen molar-refractivity contribution in [1.82, 2.24) is 0 Å². The first-order chi connectivity index (χ1) is 11.6. The first kappa shape index (κ1) is 18.9. The lowest BCUT2D eigenvalue weighted by Crippen LogP contribution is -2.60. The molecule has 6 nitrogen and oxygen atoms in total. The minimum absolute atomic E-state index is 0.134. The molecule has 7 heteroatoms. The molecule has 0 aliphatic carbocycles. The van der Waals surface area contributed by atoms with E-state index in [-0.39, 0.29) is 10.8 Å². The van der Waals surface area contributed by atoms with Crippen molar-refractivity contribution in [1.29, 1.82) is 0 Å². The average Bonchev–Trinajstić information content (AvgIpc) is 2.57. The maximum absolute atomic E-state index is 5.81. The van der Waals surface area contributed by atoms with Gasteiger partial charge in [-0.1, -0.05) is 6.92 Å². The van der Waals surface area contributed by atoms with E-state index in [9.17, 15) is 0 Å². The smallest absolute Gasteiger partial charge is 0.279 e. The third-order valence-electron chi connectivity index (χ3n) is 5.05. The van der Waals surface area contributed by atoms with Crippen LogP contribution in [0, 0.1) is 10.8 Å². The van der Waals surface area contributed by atoms with Gasteiger partial charge in [0.15, 0.2) is 0 Å². The predicted octanol–water partition coefficient (Wildman–Crippen LogP) is 1.92. The number of rotatable bonds is 11. The Kier molecular flexibility index (Phi) is 6.46. The Morgan fingerprint density at radius 3 is 1.96 bits per heavy atom. The van der Waals surface area contributed by atoms with Gasteiger partial charge >= 0.3 is 0 Å². The van der Waals surface area contributed by atoms with Crippen LogP contribution in [0.3, 0.4) is 0 Å². The molecule has 4 fully saturated rings. The van der Waals surface area contributed by atoms with Gasteiger partial charge in [0.25, 0.3) is 5.97 Å². The number of thioether (sulfide) groups is 1. The fraction of sp³-hybridized carbons (Fsp3) is 1.00. The summed E-state index contributed by atoms with van der Waals surface area (Å²) >= 11 is 1.86. The summed E-state index contributed by atoms with van der Waals surface area (Å²) in [4.78, 5) is 0. The largest absolute Gasteiger partial charge is 0.380 e. The van der Waals surface area contributed by atoms with Gasteiger partial charge in [-0.05, 0) is 6.42 Å². The van der Waals surface area contributed by atoms with E-state index < -0.39 is 5.97 Å². The molecule has 4 saturated heterocycles. The van der Waals surface area contributed by atoms with Crippen molar-refractivity contribution in [2.45, 2.75) is 26.2 Å². The van der Waals surface area contributed by atoms with Crippen LogP contribution in [0.5, 0.6) is 0 Å². The van der Waals surface area contributed by atoms with Gasteiger partial charge < -0.3 is 28.4 Å². The fourth-order valence-electron chi connectivity index (χ4n) is 2.92. The van der Waals surface area contributed by atoms with Gasteiger partial charge in [-0.15, -0.1) is 0 Å². The summed E-state index contributed by atoms with van der Waals surface area (Å²) in [7, 11) is 0. The Hall–Kier alpha value is 0.110. The van der Waals surface area contributed by atoms with Crippen LogP contribution in [0.1, 0.15) is 20.3 Å². The minimum atomic E-state index is -0.834. The molecule has 0 spiro atoms. The van der Waals surface area contributed by atoms with Crippen LogP contribution in [-0.4, -0.2) is 76.9 Å². The molecule has 2 bridgehead atoms. The van der Waals surface area contributed by atoms with Crippen molar-refractivity contribution in [3.05, 3.63) is 0 Å². The topological polar surface area (TPSA) is 55.4 Å². The van der Waals surface area contributed by atoms with E-state index in [0.29, 0.717) is 26.4 Å². The molecule has 4 aliphatic heterocycles. The highest BCUT2D eigenvalue weighted by Crippen LogP contribution is 2.38. The molecular formula is C17H30O6S. The summed E-state index contributed by atoms with van der Waals surface area (Å²) in [6.07, 6.45) is 1.13. The third kappa shape index (κ3) is 4.63. The average molecular weight is 362 g/mol. The SMILES string of the molecule is CCC1(COCCSCCOCC23COC(C)(OC2)OC3)COC1. The van der Waals surface area contributed by atoms with Gasteiger partial charge in [0.05, 0.1) is 64.9 Å². The zero-order valence-corrected chi connectivity index (χ0v) is 15.7. The van der Waals surface area contributed by atoms with Crippen LogP contribution in [0.2, 0.25) is 0 Å². The molecule has 0 amide bonds. The van der Waals surface area contributed by atoms with E-state index in [1.807, 2.05) is 18.7 Å². The van der Waals surface area contributed by atoms with Crippen molar-refractivity contribution in [3.63, 3.8) is 0 Å². The maximum Gasteiger partial charge on any atom is 0.279 e. The highest BCUT2D eigenvalue weighted by molar-refractivity contribution is 7.99. The highest BCUT2D eigenvalue weighted by Gasteiger charge is 2.50. The van der Waals surface area contributed by atoms with Crippen molar-refractivity contribution in [2.75, 3.05) is 71.0 Å². The normalized spacial score (nSPS) is 34.2. The second kappa shape index (κ2) is 8.20. The van der Waals surface area contributed by atoms with Crippen molar-refractivity contribution < 1.29 is 28.4 Å². The monoisotopic (exact) mass is 362 g/mol. The maximum atomic E-state index is 5.81. The van der Waals surface area contributed by atoms with Gasteiger partial charge in [0.2, 0.25) is 0 Å². The highest BCUT2D eigenvalue weighted by atomic mass is 32.2. The molecule has 140 valence electrons. The lowest BCUT2D eigenvalue weighted by Gasteiger charge is -2.50. The molecule has 4 aliphatic rings. The number of hydrogen-bond acceptors (Lipinski definition) is 7. The quantitative estimate of drug-likeness (QED) is 0.521. The molecule has 0 radical (unpaired) electrons. The second-order valence-electron chi connectivity index (χ2n) is 7.29. The Labute approximate surface area is 148 Å². The summed E-state index contributed by atoms with van der Waals surface area (Å²) < 4.78 is 33.7. The van der Waals surface area contributed by atoms with Crippen molar-refractivity contribution >= 4 is 11.8 Å². The molecular weight excluding hydrogens is 332 g/mol. The molecule has 0 aromatic heterocycles. The molecule has 0 aromatic carbocycles. The van der Waals surface area contributed by atoms with E-state index in [1.165, 1.54) is 0 Å². The van der Waals surface area contributed by atoms with Gasteiger partial charge in [-0.3, -0.25) is 0 Å². The molecule has 0 atom stereocenters. The number of hydrogen-bond donors (Lipinski definition) is 0. The van der Waals surface area contributed by atoms with Gasteiger partial charge in [-0.2, -0.15) is 11.8 Å². The zero-order chi connectivity index (χ0) is 16.9. The minimum Gasteiger partial charge on any atom is -0.380 e. The summed E-state index contributed by atoms with van der Waals surface area (Å²) in [6.45, 7) is 10.6. The summed E-state index contributed by atoms with van der Waals surface area (Å²) in [5.41, 5.74) is 0.153. The van der Waals surface area contributed by atoms with Crippen molar-refractivity contribution in [2.24, 2.45) is 10.8 Å². The van der Waals surface area contributed by atoms with Gasteiger partial charge in [0, 0.05) is 23.8 Å². The molecule has 4 rings (SSSR count). The second-order valence-corrected chi connectivity index (χ2v) is 8.52. The van der Waals surface area contributed by atoms with E-state index in [1.54, 1.807) is 0 Å². The molecule has 4 heterocycles. The Bertz CT molecular complexity index is 371. The zero-order valence-electron chi connectivity index (χ0n) is 14.8. The van der Waals surface area contributed by atoms with Crippen LogP contribution < -0.4 is 0 Å². The molecule has 0 aromatic rings. The van der Waals surface area contributed by atoms with Gasteiger partial charge in [0.1, 0.15) is 0 Å². The van der Waals surface area contributed by atoms with Crippen LogP contribution in [0.4, 0.5) is 0 Å². The van der Waals surface area contributed by atoms with Crippen LogP contribution in [0.15, 0.2) is 0 Å². The number of fused-ring (bicyclic) bond motifs is 3. The lowest BCUT2D eigenvalue weighted by molar-refractivity contribution is -0.462. The summed E-state index contributed by atoms with van der Waals surface area (Å²) in [5.74, 6) is 1.14. The number of ether oxygens (including phenoxy) is 6. The van der Waals surface area contributed by atoms with Gasteiger partial charge in [-0.25, -0.2) is 0 Å². The van der Waals surface area contributed by atoms with Crippen LogP contribution >= 0.6 is 11.8 Å². The Morgan fingerprint density at radius 2 is 1.46 bits per heavy atom. The van der Waals surface area contributed by atoms with E-state index in [4.69, 9.17) is 28.4 Å². The van der Waals surface area contributed by atoms with Crippen LogP contribution in [-0.2, 0) is 28.4 Å². The van der Waals surface area contributed by atoms with Crippen molar-refractivity contribution in [3.8, 4) is 0 Å². The summed E-state index contributed by atoms with van der Waals surface area (Å²) in [6, 6.07) is 0. The fourth-order valence-corrected chi connectivity index (χ4v) is 3.60. The first-order valence-electron chi connectivity index (χ1n) is 8.82. The molecule has 0 N–H and O–H groups in total. The first-order valence-corrected chi connectivity index (χ1v) is 9.98. The van der Waals surface area contributed by atoms with E-state index >= 15 is 0 Å². The standard InChI is InChI=1S/C17H30O6S/c1-3-16(9-20-10-16)8-18-4-6-24-7-5-19-11-17-12-21-15(2,22-13-17)23-14-17/h3-14H2,1-2H3. The molecule has 0 saturated carbocycles. The van der Waals surface area contributed by atoms with E-state index in [2.05, 4.69) is 6.92 Å². The van der Waals surface area contributed by atoms with Crippen LogP contribution in [0.25, 0.3) is 0 Å². The summed E-state index contributed by atoms with van der Waals surface area (Å²) in [5, 5.41) is 0. The van der Waals surface area contributed by atoms with E-state index in [0.717, 1.165) is 51.0 Å². The molecule has 0 unspecified atom stereocenters. The third-order valence-corrected chi connectivity index (χ3v) is 5.96. The molecule has 24 heavy (non-hydrogen) atoms. The lowest BCUT2D eigenvalue weighted by atomic mass is 9.84. The predicted molar refractivity (Wildman–Crippen MR) is 91.2 cm³/mol.